The van der Waals surface area contributed by atoms with Gasteiger partial charge >= 0.3 is 0 Å². The number of nitrogens with zero attached hydrogens (tertiary/aromatic N) is 4. The van der Waals surface area contributed by atoms with E-state index >= 15 is 0 Å². The van der Waals surface area contributed by atoms with E-state index in [1.54, 1.807) is 11.6 Å². The summed E-state index contributed by atoms with van der Waals surface area (Å²) in [5.41, 5.74) is 4.21. The maximum atomic E-state index is 13.5. The topological polar surface area (TPSA) is 58.4 Å². The molecule has 0 spiro atoms. The van der Waals surface area contributed by atoms with Crippen LogP contribution in [0, 0.1) is 11.8 Å². The number of carbonyl (C=O) groups is 2. The summed E-state index contributed by atoms with van der Waals surface area (Å²) in [7, 11) is 1.90. The zero-order valence-electron chi connectivity index (χ0n) is 17.2. The van der Waals surface area contributed by atoms with E-state index in [9.17, 15) is 9.59 Å². The molecule has 6 nitrogen and oxygen atoms in total. The molecular formula is C23H28N4O2. The number of rotatable bonds is 2. The Kier molecular flexibility index (Phi) is 4.45. The van der Waals surface area contributed by atoms with Crippen molar-refractivity contribution in [2.24, 2.45) is 18.9 Å². The Morgan fingerprint density at radius 3 is 2.55 bits per heavy atom. The van der Waals surface area contributed by atoms with Gasteiger partial charge in [-0.3, -0.25) is 14.3 Å². The summed E-state index contributed by atoms with van der Waals surface area (Å²) >= 11 is 0. The molecule has 152 valence electrons. The van der Waals surface area contributed by atoms with Gasteiger partial charge in [0, 0.05) is 51.0 Å². The van der Waals surface area contributed by atoms with Gasteiger partial charge in [-0.1, -0.05) is 30.3 Å². The van der Waals surface area contributed by atoms with Gasteiger partial charge in [-0.25, -0.2) is 0 Å². The molecule has 0 saturated carbocycles. The summed E-state index contributed by atoms with van der Waals surface area (Å²) in [4.78, 5) is 29.8. The molecule has 0 N–H and O–H groups in total. The van der Waals surface area contributed by atoms with Gasteiger partial charge in [0.05, 0.1) is 11.7 Å². The standard InChI is InChI=1S/C23H28N4O2/c1-15(28)27-13-17-12-26(14-19(17)21(27)16-8-4-3-5-9-16)23(29)22-18-10-6-7-11-20(18)24-25(22)2/h3-5,8-9,17,19,21H,6-7,10-14H2,1-2H3/t17-,19-,21-/m1/s1. The molecule has 1 aromatic heterocycles. The minimum absolute atomic E-state index is 0.0527. The van der Waals surface area contributed by atoms with Crippen molar-refractivity contribution < 1.29 is 9.59 Å². The fraction of sp³-hybridized carbons (Fsp3) is 0.522. The van der Waals surface area contributed by atoms with Crippen LogP contribution in [-0.4, -0.2) is 51.0 Å². The molecule has 5 rings (SSSR count). The first kappa shape index (κ1) is 18.4. The molecule has 2 fully saturated rings. The van der Waals surface area contributed by atoms with E-state index in [-0.39, 0.29) is 23.8 Å². The second-order valence-electron chi connectivity index (χ2n) is 8.77. The van der Waals surface area contributed by atoms with Crippen LogP contribution in [0.3, 0.4) is 0 Å². The maximum absolute atomic E-state index is 13.5. The average Bonchev–Trinajstić information content (AvgIpc) is 3.37. The maximum Gasteiger partial charge on any atom is 0.272 e. The van der Waals surface area contributed by atoms with Crippen molar-refractivity contribution in [3.8, 4) is 0 Å². The summed E-state index contributed by atoms with van der Waals surface area (Å²) in [6, 6.07) is 10.3. The first-order valence-electron chi connectivity index (χ1n) is 10.7. The van der Waals surface area contributed by atoms with Crippen molar-refractivity contribution in [3.05, 3.63) is 52.8 Å². The molecule has 0 radical (unpaired) electrons. The minimum Gasteiger partial charge on any atom is -0.337 e. The third kappa shape index (κ3) is 2.96. The average molecular weight is 393 g/mol. The molecule has 0 unspecified atom stereocenters. The van der Waals surface area contributed by atoms with Crippen LogP contribution in [0.25, 0.3) is 0 Å². The Balaban J connectivity index is 1.42. The molecule has 3 atom stereocenters. The lowest BCUT2D eigenvalue weighted by molar-refractivity contribution is -0.130. The van der Waals surface area contributed by atoms with Crippen LogP contribution in [0.15, 0.2) is 30.3 Å². The highest BCUT2D eigenvalue weighted by atomic mass is 16.2. The number of benzene rings is 1. The molecule has 0 bridgehead atoms. The van der Waals surface area contributed by atoms with Crippen LogP contribution in [0.4, 0.5) is 0 Å². The predicted molar refractivity (Wildman–Crippen MR) is 109 cm³/mol. The first-order valence-corrected chi connectivity index (χ1v) is 10.7. The SMILES string of the molecule is CC(=O)N1C[C@H]2CN(C(=O)c3c4c(nn3C)CCCC4)C[C@H]2[C@H]1c1ccccc1. The van der Waals surface area contributed by atoms with E-state index in [1.807, 2.05) is 35.0 Å². The highest BCUT2D eigenvalue weighted by molar-refractivity contribution is 5.94. The number of amides is 2. The van der Waals surface area contributed by atoms with Crippen molar-refractivity contribution in [2.75, 3.05) is 19.6 Å². The number of hydrogen-bond acceptors (Lipinski definition) is 3. The van der Waals surface area contributed by atoms with Crippen molar-refractivity contribution in [2.45, 2.75) is 38.6 Å². The number of aryl methyl sites for hydroxylation is 2. The lowest BCUT2D eigenvalue weighted by Crippen LogP contribution is -2.37. The van der Waals surface area contributed by atoms with Crippen molar-refractivity contribution in [1.29, 1.82) is 0 Å². The van der Waals surface area contributed by atoms with Gasteiger partial charge in [0.15, 0.2) is 0 Å². The van der Waals surface area contributed by atoms with E-state index in [0.717, 1.165) is 55.7 Å². The largest absolute Gasteiger partial charge is 0.337 e. The van der Waals surface area contributed by atoms with E-state index in [1.165, 1.54) is 5.56 Å². The summed E-state index contributed by atoms with van der Waals surface area (Å²) in [6.07, 6.45) is 4.22. The molecule has 1 aromatic carbocycles. The zero-order valence-corrected chi connectivity index (χ0v) is 17.2. The summed E-state index contributed by atoms with van der Waals surface area (Å²) in [5.74, 6) is 0.844. The molecular weight excluding hydrogens is 364 g/mol. The van der Waals surface area contributed by atoms with E-state index in [4.69, 9.17) is 0 Å². The molecule has 2 aromatic rings. The highest BCUT2D eigenvalue weighted by Crippen LogP contribution is 2.45. The van der Waals surface area contributed by atoms with Crippen molar-refractivity contribution in [1.82, 2.24) is 19.6 Å². The van der Waals surface area contributed by atoms with Crippen LogP contribution >= 0.6 is 0 Å². The minimum atomic E-state index is 0.0527. The molecule has 2 saturated heterocycles. The van der Waals surface area contributed by atoms with Gasteiger partial charge in [-0.05, 0) is 31.2 Å². The molecule has 3 aliphatic rings. The number of fused-ring (bicyclic) bond motifs is 2. The summed E-state index contributed by atoms with van der Waals surface area (Å²) in [6.45, 7) is 3.80. The Morgan fingerprint density at radius 1 is 1.03 bits per heavy atom. The zero-order chi connectivity index (χ0) is 20.1. The van der Waals surface area contributed by atoms with Crippen molar-refractivity contribution in [3.63, 3.8) is 0 Å². The number of aromatic nitrogens is 2. The Morgan fingerprint density at radius 2 is 1.79 bits per heavy atom. The fourth-order valence-corrected chi connectivity index (χ4v) is 5.71. The van der Waals surface area contributed by atoms with Crippen LogP contribution < -0.4 is 0 Å². The van der Waals surface area contributed by atoms with Gasteiger partial charge in [-0.2, -0.15) is 5.10 Å². The number of likely N-dealkylation sites (tertiary alicyclic amines) is 2. The molecule has 2 amide bonds. The van der Waals surface area contributed by atoms with Gasteiger partial charge in [0.2, 0.25) is 5.91 Å². The Bertz CT molecular complexity index is 951. The molecule has 2 aliphatic heterocycles. The van der Waals surface area contributed by atoms with Gasteiger partial charge in [0.25, 0.3) is 5.91 Å². The van der Waals surface area contributed by atoms with Crippen molar-refractivity contribution >= 4 is 11.8 Å². The van der Waals surface area contributed by atoms with Gasteiger partial charge < -0.3 is 9.80 Å². The summed E-state index contributed by atoms with van der Waals surface area (Å²) < 4.78 is 1.79. The second-order valence-corrected chi connectivity index (χ2v) is 8.77. The van der Waals surface area contributed by atoms with Gasteiger partial charge in [-0.15, -0.1) is 0 Å². The third-order valence-corrected chi connectivity index (χ3v) is 7.02. The first-order chi connectivity index (χ1) is 14.0. The lowest BCUT2D eigenvalue weighted by Gasteiger charge is -2.29. The van der Waals surface area contributed by atoms with Crippen LogP contribution in [0.1, 0.15) is 53.1 Å². The van der Waals surface area contributed by atoms with Crippen LogP contribution in [0.5, 0.6) is 0 Å². The predicted octanol–water partition coefficient (Wildman–Crippen LogP) is 2.59. The Hall–Kier alpha value is -2.63. The number of carbonyl (C=O) groups excluding carboxylic acids is 2. The fourth-order valence-electron chi connectivity index (χ4n) is 5.71. The Labute approximate surface area is 171 Å². The van der Waals surface area contributed by atoms with Gasteiger partial charge in [0.1, 0.15) is 5.69 Å². The van der Waals surface area contributed by atoms with Crippen LogP contribution in [0.2, 0.25) is 0 Å². The lowest BCUT2D eigenvalue weighted by atomic mass is 9.89. The molecule has 6 heteroatoms. The molecule has 3 heterocycles. The van der Waals surface area contributed by atoms with E-state index in [2.05, 4.69) is 17.2 Å². The molecule has 29 heavy (non-hydrogen) atoms. The van der Waals surface area contributed by atoms with E-state index < -0.39 is 0 Å². The van der Waals surface area contributed by atoms with Crippen LogP contribution in [-0.2, 0) is 24.7 Å². The normalized spacial score (nSPS) is 25.8. The second kappa shape index (κ2) is 7.01. The third-order valence-electron chi connectivity index (χ3n) is 7.02. The number of hydrogen-bond donors (Lipinski definition) is 0. The highest BCUT2D eigenvalue weighted by Gasteiger charge is 2.49. The smallest absolute Gasteiger partial charge is 0.272 e. The quantitative estimate of drug-likeness (QED) is 0.789. The summed E-state index contributed by atoms with van der Waals surface area (Å²) in [5, 5.41) is 4.63. The monoisotopic (exact) mass is 392 g/mol. The molecule has 1 aliphatic carbocycles. The van der Waals surface area contributed by atoms with E-state index in [0.29, 0.717) is 12.5 Å².